The number of rotatable bonds is 7. The normalized spacial score (nSPS) is 13.6. The molecule has 0 saturated heterocycles. The Morgan fingerprint density at radius 3 is 2.65 bits per heavy atom. The van der Waals surface area contributed by atoms with Crippen molar-refractivity contribution >= 4 is 0 Å². The standard InChI is InChI=1S/C11H20F2N4/c1-4-5-14-9(11(12)13)6-10-15-7-16-17(10)8(2)3/h7-9,11,14H,4-6H2,1-3H3. The summed E-state index contributed by atoms with van der Waals surface area (Å²) in [5, 5.41) is 6.88. The number of nitrogens with zero attached hydrogens (tertiary/aromatic N) is 3. The predicted molar refractivity (Wildman–Crippen MR) is 62.2 cm³/mol. The van der Waals surface area contributed by atoms with Crippen LogP contribution < -0.4 is 5.32 Å². The molecule has 0 spiro atoms. The van der Waals surface area contributed by atoms with Crippen LogP contribution in [0.5, 0.6) is 0 Å². The first-order valence-electron chi connectivity index (χ1n) is 5.96. The second-order valence-corrected chi connectivity index (χ2v) is 4.31. The summed E-state index contributed by atoms with van der Waals surface area (Å²) in [5.41, 5.74) is 0. The lowest BCUT2D eigenvalue weighted by Crippen LogP contribution is -2.38. The average Bonchev–Trinajstić information content (AvgIpc) is 2.71. The van der Waals surface area contributed by atoms with Crippen LogP contribution in [0.15, 0.2) is 6.33 Å². The van der Waals surface area contributed by atoms with E-state index in [1.807, 2.05) is 20.8 Å². The third-order valence-corrected chi connectivity index (χ3v) is 2.50. The Morgan fingerprint density at radius 2 is 2.12 bits per heavy atom. The van der Waals surface area contributed by atoms with Crippen molar-refractivity contribution in [3.05, 3.63) is 12.2 Å². The molecule has 1 rings (SSSR count). The minimum atomic E-state index is -2.39. The molecule has 98 valence electrons. The van der Waals surface area contributed by atoms with Crippen molar-refractivity contribution in [2.45, 2.75) is 52.1 Å². The maximum atomic E-state index is 12.8. The van der Waals surface area contributed by atoms with E-state index in [1.54, 1.807) is 4.68 Å². The highest BCUT2D eigenvalue weighted by atomic mass is 19.3. The van der Waals surface area contributed by atoms with E-state index in [0.29, 0.717) is 12.4 Å². The first kappa shape index (κ1) is 14.0. The van der Waals surface area contributed by atoms with Crippen LogP contribution in [-0.4, -0.2) is 33.8 Å². The minimum absolute atomic E-state index is 0.136. The fraction of sp³-hybridized carbons (Fsp3) is 0.818. The molecule has 0 aliphatic carbocycles. The highest BCUT2D eigenvalue weighted by Crippen LogP contribution is 2.11. The number of hydrogen-bond donors (Lipinski definition) is 1. The van der Waals surface area contributed by atoms with Gasteiger partial charge in [0.25, 0.3) is 6.43 Å². The molecule has 0 aromatic carbocycles. The molecule has 0 saturated carbocycles. The van der Waals surface area contributed by atoms with Gasteiger partial charge in [-0.1, -0.05) is 6.92 Å². The van der Waals surface area contributed by atoms with Crippen LogP contribution in [0.2, 0.25) is 0 Å². The highest BCUT2D eigenvalue weighted by Gasteiger charge is 2.22. The maximum Gasteiger partial charge on any atom is 0.254 e. The van der Waals surface area contributed by atoms with Gasteiger partial charge in [-0.05, 0) is 26.8 Å². The Hall–Kier alpha value is -1.04. The van der Waals surface area contributed by atoms with Gasteiger partial charge in [0.1, 0.15) is 12.2 Å². The van der Waals surface area contributed by atoms with Gasteiger partial charge < -0.3 is 5.32 Å². The number of hydrogen-bond acceptors (Lipinski definition) is 3. The van der Waals surface area contributed by atoms with Gasteiger partial charge in [-0.2, -0.15) is 5.10 Å². The summed E-state index contributed by atoms with van der Waals surface area (Å²) in [6.45, 7) is 6.45. The number of aromatic nitrogens is 3. The van der Waals surface area contributed by atoms with E-state index < -0.39 is 12.5 Å². The molecular weight excluding hydrogens is 226 g/mol. The van der Waals surface area contributed by atoms with Crippen LogP contribution in [0.3, 0.4) is 0 Å². The maximum absolute atomic E-state index is 12.8. The van der Waals surface area contributed by atoms with Gasteiger partial charge in [0.05, 0.1) is 6.04 Å². The second-order valence-electron chi connectivity index (χ2n) is 4.31. The van der Waals surface area contributed by atoms with E-state index in [1.165, 1.54) is 6.33 Å². The zero-order chi connectivity index (χ0) is 12.8. The largest absolute Gasteiger partial charge is 0.309 e. The number of nitrogens with one attached hydrogen (secondary N) is 1. The van der Waals surface area contributed by atoms with Crippen LogP contribution >= 0.6 is 0 Å². The van der Waals surface area contributed by atoms with Crippen molar-refractivity contribution in [3.8, 4) is 0 Å². The van der Waals surface area contributed by atoms with Gasteiger partial charge in [-0.3, -0.25) is 0 Å². The monoisotopic (exact) mass is 246 g/mol. The molecule has 0 bridgehead atoms. The zero-order valence-electron chi connectivity index (χ0n) is 10.5. The second kappa shape index (κ2) is 6.64. The summed E-state index contributed by atoms with van der Waals surface area (Å²) in [7, 11) is 0. The van der Waals surface area contributed by atoms with Crippen molar-refractivity contribution in [2.24, 2.45) is 0 Å². The molecule has 6 heteroatoms. The Balaban J connectivity index is 2.68. The molecule has 1 N–H and O–H groups in total. The minimum Gasteiger partial charge on any atom is -0.309 e. The fourth-order valence-corrected chi connectivity index (χ4v) is 1.63. The number of halogens is 2. The Labute approximate surface area is 100 Å². The van der Waals surface area contributed by atoms with Crippen LogP contribution in [0.25, 0.3) is 0 Å². The first-order valence-corrected chi connectivity index (χ1v) is 5.96. The van der Waals surface area contributed by atoms with Crippen LogP contribution in [0.1, 0.15) is 39.1 Å². The highest BCUT2D eigenvalue weighted by molar-refractivity contribution is 4.92. The van der Waals surface area contributed by atoms with Crippen molar-refractivity contribution < 1.29 is 8.78 Å². The van der Waals surface area contributed by atoms with Crippen LogP contribution in [-0.2, 0) is 6.42 Å². The van der Waals surface area contributed by atoms with Gasteiger partial charge in [0.15, 0.2) is 0 Å². The summed E-state index contributed by atoms with van der Waals surface area (Å²) in [6, 6.07) is -0.714. The molecule has 1 heterocycles. The molecule has 1 aromatic rings. The molecular formula is C11H20F2N4. The quantitative estimate of drug-likeness (QED) is 0.800. The molecule has 1 atom stereocenters. The summed E-state index contributed by atoms with van der Waals surface area (Å²) in [4.78, 5) is 4.05. The number of alkyl halides is 2. The van der Waals surface area contributed by atoms with Gasteiger partial charge in [0, 0.05) is 12.5 Å². The molecule has 1 aromatic heterocycles. The van der Waals surface area contributed by atoms with Gasteiger partial charge in [0.2, 0.25) is 0 Å². The molecule has 1 unspecified atom stereocenters. The molecule has 4 nitrogen and oxygen atoms in total. The Bertz CT molecular complexity index is 325. The molecule has 17 heavy (non-hydrogen) atoms. The summed E-state index contributed by atoms with van der Waals surface area (Å²) in [6.07, 6.45) is 0.0621. The predicted octanol–water partition coefficient (Wildman–Crippen LogP) is 2.03. The van der Waals surface area contributed by atoms with E-state index in [-0.39, 0.29) is 12.5 Å². The lowest BCUT2D eigenvalue weighted by molar-refractivity contribution is 0.0966. The van der Waals surface area contributed by atoms with Gasteiger partial charge in [-0.15, -0.1) is 0 Å². The summed E-state index contributed by atoms with van der Waals surface area (Å²) in [5.74, 6) is 0.605. The lowest BCUT2D eigenvalue weighted by Gasteiger charge is -2.18. The molecule has 0 amide bonds. The van der Waals surface area contributed by atoms with E-state index in [2.05, 4.69) is 15.4 Å². The van der Waals surface area contributed by atoms with Crippen LogP contribution in [0, 0.1) is 0 Å². The molecule has 0 aliphatic heterocycles. The van der Waals surface area contributed by atoms with Crippen LogP contribution in [0.4, 0.5) is 8.78 Å². The van der Waals surface area contributed by atoms with Crippen molar-refractivity contribution in [3.63, 3.8) is 0 Å². The molecule has 0 aliphatic rings. The van der Waals surface area contributed by atoms with Crippen molar-refractivity contribution in [1.82, 2.24) is 20.1 Å². The third-order valence-electron chi connectivity index (χ3n) is 2.50. The first-order chi connectivity index (χ1) is 8.06. The molecule has 0 fully saturated rings. The van der Waals surface area contributed by atoms with Crippen molar-refractivity contribution in [2.75, 3.05) is 6.54 Å². The fourth-order valence-electron chi connectivity index (χ4n) is 1.63. The Morgan fingerprint density at radius 1 is 1.41 bits per heavy atom. The van der Waals surface area contributed by atoms with Gasteiger partial charge in [-0.25, -0.2) is 18.4 Å². The molecule has 0 radical (unpaired) electrons. The van der Waals surface area contributed by atoms with E-state index in [4.69, 9.17) is 0 Å². The van der Waals surface area contributed by atoms with Gasteiger partial charge >= 0.3 is 0 Å². The SMILES string of the molecule is CCCNC(Cc1ncnn1C(C)C)C(F)F. The lowest BCUT2D eigenvalue weighted by atomic mass is 10.2. The average molecular weight is 246 g/mol. The third kappa shape index (κ3) is 4.03. The summed E-state index contributed by atoms with van der Waals surface area (Å²) < 4.78 is 27.3. The van der Waals surface area contributed by atoms with E-state index in [0.717, 1.165) is 6.42 Å². The van der Waals surface area contributed by atoms with E-state index >= 15 is 0 Å². The summed E-state index contributed by atoms with van der Waals surface area (Å²) >= 11 is 0. The van der Waals surface area contributed by atoms with E-state index in [9.17, 15) is 8.78 Å². The zero-order valence-corrected chi connectivity index (χ0v) is 10.5. The van der Waals surface area contributed by atoms with Crippen molar-refractivity contribution in [1.29, 1.82) is 0 Å². The Kier molecular flexibility index (Phi) is 5.47. The topological polar surface area (TPSA) is 42.7 Å². The smallest absolute Gasteiger partial charge is 0.254 e.